The molecule has 0 heterocycles. The third-order valence-electron chi connectivity index (χ3n) is 6.15. The van der Waals surface area contributed by atoms with Crippen molar-refractivity contribution < 1.29 is 18.0 Å². The fourth-order valence-electron chi connectivity index (χ4n) is 4.45. The number of hydrogen-bond donors (Lipinski definition) is 1. The van der Waals surface area contributed by atoms with Crippen LogP contribution in [0.25, 0.3) is 0 Å². The quantitative estimate of drug-likeness (QED) is 0.406. The molecule has 204 valence electrons. The van der Waals surface area contributed by atoms with Gasteiger partial charge in [0.2, 0.25) is 21.8 Å². The number of amides is 2. The summed E-state index contributed by atoms with van der Waals surface area (Å²) in [4.78, 5) is 28.2. The van der Waals surface area contributed by atoms with Gasteiger partial charge in [0.05, 0.1) is 11.9 Å². The van der Waals surface area contributed by atoms with Crippen molar-refractivity contribution in [1.82, 2.24) is 10.2 Å². The van der Waals surface area contributed by atoms with Crippen LogP contribution in [0.4, 0.5) is 5.69 Å². The molecule has 2 aromatic carbocycles. The van der Waals surface area contributed by atoms with Gasteiger partial charge in [-0.1, -0.05) is 56.7 Å². The van der Waals surface area contributed by atoms with Crippen molar-refractivity contribution in [2.24, 2.45) is 5.92 Å². The number of nitrogens with one attached hydrogen (secondary N) is 1. The Morgan fingerprint density at radius 1 is 0.973 bits per heavy atom. The van der Waals surface area contributed by atoms with Gasteiger partial charge in [0.25, 0.3) is 0 Å². The summed E-state index contributed by atoms with van der Waals surface area (Å²) in [5, 5.41) is 2.97. The van der Waals surface area contributed by atoms with Gasteiger partial charge in [-0.3, -0.25) is 13.9 Å². The second-order valence-corrected chi connectivity index (χ2v) is 12.3. The Labute approximate surface area is 223 Å². The van der Waals surface area contributed by atoms with Crippen molar-refractivity contribution >= 4 is 27.5 Å². The topological polar surface area (TPSA) is 86.8 Å². The Balaban J connectivity index is 2.23. The summed E-state index contributed by atoms with van der Waals surface area (Å²) in [7, 11) is -3.53. The molecule has 1 N–H and O–H groups in total. The minimum absolute atomic E-state index is 0.136. The van der Waals surface area contributed by atoms with Crippen LogP contribution in [0.5, 0.6) is 0 Å². The minimum Gasteiger partial charge on any atom is -0.354 e. The molecule has 0 saturated carbocycles. The van der Waals surface area contributed by atoms with Crippen LogP contribution in [0.3, 0.4) is 0 Å². The van der Waals surface area contributed by atoms with Crippen LogP contribution in [0.1, 0.15) is 62.3 Å². The van der Waals surface area contributed by atoms with E-state index in [1.54, 1.807) is 4.90 Å². The summed E-state index contributed by atoms with van der Waals surface area (Å²) in [5.41, 5.74) is 4.59. The molecule has 0 radical (unpaired) electrons. The van der Waals surface area contributed by atoms with Crippen LogP contribution >= 0.6 is 0 Å². The van der Waals surface area contributed by atoms with E-state index in [0.717, 1.165) is 22.3 Å². The van der Waals surface area contributed by atoms with Gasteiger partial charge < -0.3 is 10.2 Å². The first-order chi connectivity index (χ1) is 17.3. The second-order valence-electron chi connectivity index (χ2n) is 10.4. The molecule has 0 aliphatic rings. The Morgan fingerprint density at radius 2 is 1.62 bits per heavy atom. The van der Waals surface area contributed by atoms with E-state index in [4.69, 9.17) is 0 Å². The van der Waals surface area contributed by atoms with Crippen LogP contribution in [-0.4, -0.2) is 50.5 Å². The Morgan fingerprint density at radius 3 is 2.16 bits per heavy atom. The van der Waals surface area contributed by atoms with E-state index in [1.807, 2.05) is 84.0 Å². The fourth-order valence-corrected chi connectivity index (χ4v) is 5.40. The molecule has 0 aromatic heterocycles. The van der Waals surface area contributed by atoms with Gasteiger partial charge in [0.15, 0.2) is 0 Å². The average Bonchev–Trinajstić information content (AvgIpc) is 2.78. The maximum atomic E-state index is 13.5. The van der Waals surface area contributed by atoms with Crippen LogP contribution in [0, 0.1) is 26.7 Å². The molecule has 1 atom stereocenters. The standard InChI is InChI=1S/C29H43N3O4S/c1-8-27(29(34)30-19-21(2)3)31(20-25-12-9-11-22(4)16-25)28(33)13-10-14-32(37(7,35)36)26-17-23(5)15-24(6)18-26/h9,11-12,15-18,21,27H,8,10,13-14,19-20H2,1-7H3,(H,30,34)/t27-/m1/s1. The normalized spacial score (nSPS) is 12.3. The van der Waals surface area contributed by atoms with Gasteiger partial charge in [-0.2, -0.15) is 0 Å². The molecule has 2 amide bonds. The number of anilines is 1. The number of nitrogens with zero attached hydrogens (tertiary/aromatic N) is 2. The molecule has 0 fully saturated rings. The number of aryl methyl sites for hydroxylation is 3. The minimum atomic E-state index is -3.53. The van der Waals surface area contributed by atoms with E-state index < -0.39 is 16.1 Å². The van der Waals surface area contributed by atoms with Gasteiger partial charge in [-0.15, -0.1) is 0 Å². The highest BCUT2D eigenvalue weighted by atomic mass is 32.2. The molecule has 7 nitrogen and oxygen atoms in total. The summed E-state index contributed by atoms with van der Waals surface area (Å²) in [6, 6.07) is 13.0. The number of benzene rings is 2. The number of carbonyl (C=O) groups is 2. The molecular formula is C29H43N3O4S. The third-order valence-corrected chi connectivity index (χ3v) is 7.35. The molecule has 0 bridgehead atoms. The first-order valence-electron chi connectivity index (χ1n) is 13.0. The lowest BCUT2D eigenvalue weighted by atomic mass is 10.1. The van der Waals surface area contributed by atoms with Crippen LogP contribution in [-0.2, 0) is 26.2 Å². The average molecular weight is 530 g/mol. The molecule has 0 spiro atoms. The maximum Gasteiger partial charge on any atom is 0.242 e. The molecular weight excluding hydrogens is 486 g/mol. The van der Waals surface area contributed by atoms with Crippen molar-refractivity contribution in [1.29, 1.82) is 0 Å². The van der Waals surface area contributed by atoms with Gasteiger partial charge in [-0.25, -0.2) is 8.42 Å². The third kappa shape index (κ3) is 9.50. The number of rotatable bonds is 13. The van der Waals surface area contributed by atoms with E-state index >= 15 is 0 Å². The zero-order chi connectivity index (χ0) is 27.8. The highest BCUT2D eigenvalue weighted by Crippen LogP contribution is 2.22. The van der Waals surface area contributed by atoms with Crippen molar-refractivity contribution in [2.75, 3.05) is 23.7 Å². The number of hydrogen-bond acceptors (Lipinski definition) is 4. The first-order valence-corrected chi connectivity index (χ1v) is 14.8. The van der Waals surface area contributed by atoms with Crippen molar-refractivity contribution in [3.05, 3.63) is 64.7 Å². The van der Waals surface area contributed by atoms with Crippen LogP contribution < -0.4 is 9.62 Å². The Kier molecular flexibility index (Phi) is 11.2. The van der Waals surface area contributed by atoms with Gasteiger partial charge in [0.1, 0.15) is 6.04 Å². The SMILES string of the molecule is CC[C@H](C(=O)NCC(C)C)N(Cc1cccc(C)c1)C(=O)CCCN(c1cc(C)cc(C)c1)S(C)(=O)=O. The van der Waals surface area contributed by atoms with E-state index in [1.165, 1.54) is 10.6 Å². The molecule has 0 aliphatic carbocycles. The van der Waals surface area contributed by atoms with Crippen LogP contribution in [0.2, 0.25) is 0 Å². The summed E-state index contributed by atoms with van der Waals surface area (Å²) >= 11 is 0. The Bertz CT molecular complexity index is 1160. The van der Waals surface area contributed by atoms with Crippen molar-refractivity contribution in [3.63, 3.8) is 0 Å². The zero-order valence-corrected chi connectivity index (χ0v) is 24.2. The molecule has 0 saturated heterocycles. The molecule has 8 heteroatoms. The lowest BCUT2D eigenvalue weighted by Gasteiger charge is -2.31. The van der Waals surface area contributed by atoms with Crippen molar-refractivity contribution in [3.8, 4) is 0 Å². The van der Waals surface area contributed by atoms with Gasteiger partial charge in [-0.05, 0) is 68.4 Å². The second kappa shape index (κ2) is 13.6. The zero-order valence-electron chi connectivity index (χ0n) is 23.4. The van der Waals surface area contributed by atoms with E-state index in [2.05, 4.69) is 5.32 Å². The highest BCUT2D eigenvalue weighted by molar-refractivity contribution is 7.92. The van der Waals surface area contributed by atoms with E-state index in [-0.39, 0.29) is 24.8 Å². The first kappa shape index (κ1) is 30.4. The largest absolute Gasteiger partial charge is 0.354 e. The predicted molar refractivity (Wildman–Crippen MR) is 151 cm³/mol. The number of sulfonamides is 1. The van der Waals surface area contributed by atoms with Crippen molar-refractivity contribution in [2.45, 2.75) is 73.4 Å². The maximum absolute atomic E-state index is 13.5. The molecule has 0 aliphatic heterocycles. The number of carbonyl (C=O) groups excluding carboxylic acids is 2. The molecule has 37 heavy (non-hydrogen) atoms. The highest BCUT2D eigenvalue weighted by Gasteiger charge is 2.29. The van der Waals surface area contributed by atoms with Gasteiger partial charge in [0, 0.05) is 26.1 Å². The molecule has 2 rings (SSSR count). The molecule has 2 aromatic rings. The fraction of sp³-hybridized carbons (Fsp3) is 0.517. The lowest BCUT2D eigenvalue weighted by molar-refractivity contribution is -0.141. The van der Waals surface area contributed by atoms with Gasteiger partial charge >= 0.3 is 0 Å². The summed E-state index contributed by atoms with van der Waals surface area (Å²) in [6.07, 6.45) is 2.14. The smallest absolute Gasteiger partial charge is 0.242 e. The summed E-state index contributed by atoms with van der Waals surface area (Å²) < 4.78 is 26.5. The van der Waals surface area contributed by atoms with Crippen LogP contribution in [0.15, 0.2) is 42.5 Å². The summed E-state index contributed by atoms with van der Waals surface area (Å²) in [5.74, 6) is -0.0262. The van der Waals surface area contributed by atoms with E-state index in [9.17, 15) is 18.0 Å². The molecule has 0 unspecified atom stereocenters. The monoisotopic (exact) mass is 529 g/mol. The lowest BCUT2D eigenvalue weighted by Crippen LogP contribution is -2.49. The van der Waals surface area contributed by atoms with E-state index in [0.29, 0.717) is 37.5 Å². The Hall–Kier alpha value is -2.87. The predicted octanol–water partition coefficient (Wildman–Crippen LogP) is 4.74. The summed E-state index contributed by atoms with van der Waals surface area (Å²) in [6.45, 7) is 12.9.